The van der Waals surface area contributed by atoms with Crippen molar-refractivity contribution in [2.24, 2.45) is 0 Å². The smallest absolute Gasteiger partial charge is 0.123 e. The van der Waals surface area contributed by atoms with Crippen molar-refractivity contribution in [3.05, 3.63) is 28.8 Å². The van der Waals surface area contributed by atoms with Crippen LogP contribution in [0.1, 0.15) is 18.9 Å². The Labute approximate surface area is 101 Å². The van der Waals surface area contributed by atoms with Crippen LogP contribution in [-0.4, -0.2) is 24.9 Å². The minimum absolute atomic E-state index is 0.270. The maximum absolute atomic E-state index is 9.11. The van der Waals surface area contributed by atoms with Crippen LogP contribution >= 0.6 is 11.6 Å². The van der Waals surface area contributed by atoms with Gasteiger partial charge >= 0.3 is 0 Å². The van der Waals surface area contributed by atoms with Crippen LogP contribution in [-0.2, 0) is 6.54 Å². The van der Waals surface area contributed by atoms with Crippen LogP contribution in [0.25, 0.3) is 0 Å². The molecular formula is C12H18ClNO2. The molecule has 1 aromatic carbocycles. The molecule has 0 saturated carbocycles. The van der Waals surface area contributed by atoms with Crippen LogP contribution in [0, 0.1) is 0 Å². The number of nitrogens with one attached hydrogen (secondary N) is 1. The third kappa shape index (κ3) is 4.39. The fourth-order valence-corrected chi connectivity index (χ4v) is 1.61. The van der Waals surface area contributed by atoms with Crippen LogP contribution in [0.2, 0.25) is 5.02 Å². The van der Waals surface area contributed by atoms with Crippen LogP contribution in [0.4, 0.5) is 0 Å². The Morgan fingerprint density at radius 1 is 1.50 bits per heavy atom. The molecule has 1 rings (SSSR count). The molecule has 0 bridgehead atoms. The summed E-state index contributed by atoms with van der Waals surface area (Å²) in [5.74, 6) is 0.828. The Bertz CT molecular complexity index is 329. The van der Waals surface area contributed by atoms with E-state index >= 15 is 0 Å². The molecule has 0 fully saturated rings. The van der Waals surface area contributed by atoms with Gasteiger partial charge in [-0.25, -0.2) is 0 Å². The van der Waals surface area contributed by atoms with E-state index in [9.17, 15) is 0 Å². The first-order chi connectivity index (χ1) is 7.63. The van der Waals surface area contributed by atoms with E-state index in [0.717, 1.165) is 24.3 Å². The lowest BCUT2D eigenvalue weighted by atomic mass is 10.2. The molecule has 90 valence electrons. The highest BCUT2D eigenvalue weighted by Gasteiger charge is 2.03. The van der Waals surface area contributed by atoms with Crippen LogP contribution in [0.3, 0.4) is 0 Å². The Kier molecular flexibility index (Phi) is 5.60. The molecule has 1 aromatic rings. The van der Waals surface area contributed by atoms with Crippen LogP contribution < -0.4 is 10.1 Å². The Balaban J connectivity index is 2.48. The second kappa shape index (κ2) is 6.74. The largest absolute Gasteiger partial charge is 0.496 e. The molecule has 0 saturated heterocycles. The molecule has 0 amide bonds. The Morgan fingerprint density at radius 3 is 2.88 bits per heavy atom. The number of aliphatic hydroxyl groups excluding tert-OH is 1. The second-order valence-corrected chi connectivity index (χ2v) is 4.21. The predicted molar refractivity (Wildman–Crippen MR) is 66.0 cm³/mol. The molecule has 0 aliphatic carbocycles. The highest BCUT2D eigenvalue weighted by Crippen LogP contribution is 2.22. The summed E-state index contributed by atoms with van der Waals surface area (Å²) in [4.78, 5) is 0. The SMILES string of the molecule is COc1ccc(Cl)cc1CNCCC(C)O. The third-order valence-electron chi connectivity index (χ3n) is 2.30. The number of hydrogen-bond acceptors (Lipinski definition) is 3. The van der Waals surface area contributed by atoms with Gasteiger partial charge in [-0.15, -0.1) is 0 Å². The van der Waals surface area contributed by atoms with E-state index < -0.39 is 0 Å². The fraction of sp³-hybridized carbons (Fsp3) is 0.500. The van der Waals surface area contributed by atoms with Gasteiger partial charge in [0.05, 0.1) is 13.2 Å². The highest BCUT2D eigenvalue weighted by molar-refractivity contribution is 6.30. The molecule has 1 atom stereocenters. The van der Waals surface area contributed by atoms with Crippen molar-refractivity contribution in [1.82, 2.24) is 5.32 Å². The van der Waals surface area contributed by atoms with Gasteiger partial charge in [0.25, 0.3) is 0 Å². The number of methoxy groups -OCH3 is 1. The normalized spacial score (nSPS) is 12.5. The fourth-order valence-electron chi connectivity index (χ4n) is 1.42. The first kappa shape index (κ1) is 13.3. The molecule has 0 heterocycles. The molecule has 16 heavy (non-hydrogen) atoms. The first-order valence-electron chi connectivity index (χ1n) is 5.34. The summed E-state index contributed by atoms with van der Waals surface area (Å²) in [7, 11) is 1.64. The molecule has 2 N–H and O–H groups in total. The first-order valence-corrected chi connectivity index (χ1v) is 5.72. The van der Waals surface area contributed by atoms with E-state index in [1.807, 2.05) is 12.1 Å². The number of aliphatic hydroxyl groups is 1. The highest BCUT2D eigenvalue weighted by atomic mass is 35.5. The Morgan fingerprint density at radius 2 is 2.25 bits per heavy atom. The zero-order valence-corrected chi connectivity index (χ0v) is 10.4. The molecule has 3 nitrogen and oxygen atoms in total. The van der Waals surface area contributed by atoms with Crippen molar-refractivity contribution < 1.29 is 9.84 Å². The van der Waals surface area contributed by atoms with Gasteiger partial charge in [0.2, 0.25) is 0 Å². The van der Waals surface area contributed by atoms with Crippen molar-refractivity contribution in [2.75, 3.05) is 13.7 Å². The summed E-state index contributed by atoms with van der Waals surface area (Å²) in [6.45, 7) is 3.24. The number of rotatable bonds is 6. The molecule has 0 radical (unpaired) electrons. The van der Waals surface area contributed by atoms with E-state index in [2.05, 4.69) is 5.32 Å². The monoisotopic (exact) mass is 243 g/mol. The van der Waals surface area contributed by atoms with Gasteiger partial charge in [-0.2, -0.15) is 0 Å². The second-order valence-electron chi connectivity index (χ2n) is 3.77. The quantitative estimate of drug-likeness (QED) is 0.753. The summed E-state index contributed by atoms with van der Waals surface area (Å²) < 4.78 is 5.23. The summed E-state index contributed by atoms with van der Waals surface area (Å²) in [6, 6.07) is 5.55. The molecule has 0 spiro atoms. The molecule has 0 aromatic heterocycles. The average Bonchev–Trinajstić information content (AvgIpc) is 2.24. The van der Waals surface area contributed by atoms with E-state index in [-0.39, 0.29) is 6.10 Å². The molecule has 4 heteroatoms. The molecule has 1 unspecified atom stereocenters. The van der Waals surface area contributed by atoms with Gasteiger partial charge in [-0.05, 0) is 38.1 Å². The molecular weight excluding hydrogens is 226 g/mol. The summed E-state index contributed by atoms with van der Waals surface area (Å²) in [6.07, 6.45) is 0.469. The van der Waals surface area contributed by atoms with Crippen LogP contribution in [0.5, 0.6) is 5.75 Å². The van der Waals surface area contributed by atoms with Crippen molar-refractivity contribution in [3.63, 3.8) is 0 Å². The third-order valence-corrected chi connectivity index (χ3v) is 2.53. The standard InChI is InChI=1S/C12H18ClNO2/c1-9(15)5-6-14-8-10-7-11(13)3-4-12(10)16-2/h3-4,7,9,14-15H,5-6,8H2,1-2H3. The molecule has 0 aliphatic rings. The minimum atomic E-state index is -0.270. The van der Waals surface area contributed by atoms with E-state index in [4.69, 9.17) is 21.4 Å². The van der Waals surface area contributed by atoms with Gasteiger partial charge < -0.3 is 15.2 Å². The number of ether oxygens (including phenoxy) is 1. The maximum Gasteiger partial charge on any atom is 0.123 e. The topological polar surface area (TPSA) is 41.5 Å². The predicted octanol–water partition coefficient (Wildman–Crippen LogP) is 2.21. The van der Waals surface area contributed by atoms with Crippen molar-refractivity contribution in [1.29, 1.82) is 0 Å². The zero-order valence-electron chi connectivity index (χ0n) is 9.66. The van der Waals surface area contributed by atoms with Gasteiger partial charge in [0.15, 0.2) is 0 Å². The van der Waals surface area contributed by atoms with Crippen LogP contribution in [0.15, 0.2) is 18.2 Å². The van der Waals surface area contributed by atoms with E-state index in [0.29, 0.717) is 11.6 Å². The number of hydrogen-bond donors (Lipinski definition) is 2. The van der Waals surface area contributed by atoms with Crippen molar-refractivity contribution in [3.8, 4) is 5.75 Å². The van der Waals surface area contributed by atoms with Crippen molar-refractivity contribution >= 4 is 11.6 Å². The van der Waals surface area contributed by atoms with E-state index in [1.165, 1.54) is 0 Å². The summed E-state index contributed by atoms with van der Waals surface area (Å²) in [5, 5.41) is 13.0. The number of halogens is 1. The summed E-state index contributed by atoms with van der Waals surface area (Å²) >= 11 is 5.91. The maximum atomic E-state index is 9.11. The Hall–Kier alpha value is -0.770. The van der Waals surface area contributed by atoms with Gasteiger partial charge in [-0.1, -0.05) is 11.6 Å². The lowest BCUT2D eigenvalue weighted by Gasteiger charge is -2.10. The molecule has 0 aliphatic heterocycles. The van der Waals surface area contributed by atoms with Gasteiger partial charge in [0, 0.05) is 17.1 Å². The lowest BCUT2D eigenvalue weighted by Crippen LogP contribution is -2.18. The van der Waals surface area contributed by atoms with Crippen molar-refractivity contribution in [2.45, 2.75) is 26.0 Å². The zero-order chi connectivity index (χ0) is 12.0. The van der Waals surface area contributed by atoms with Gasteiger partial charge in [0.1, 0.15) is 5.75 Å². The summed E-state index contributed by atoms with van der Waals surface area (Å²) in [5.41, 5.74) is 1.03. The van der Waals surface area contributed by atoms with E-state index in [1.54, 1.807) is 20.1 Å². The lowest BCUT2D eigenvalue weighted by molar-refractivity contribution is 0.183. The van der Waals surface area contributed by atoms with Gasteiger partial charge in [-0.3, -0.25) is 0 Å². The minimum Gasteiger partial charge on any atom is -0.496 e. The average molecular weight is 244 g/mol. The number of benzene rings is 1.